The zero-order valence-corrected chi connectivity index (χ0v) is 14.8. The zero-order valence-electron chi connectivity index (χ0n) is 18.8. The topological polar surface area (TPSA) is 29.9 Å². The van der Waals surface area contributed by atoms with Gasteiger partial charge in [0.25, 0.3) is 0 Å². The molecule has 3 aromatic heterocycles. The van der Waals surface area contributed by atoms with Gasteiger partial charge in [0, 0.05) is 34.1 Å². The van der Waals surface area contributed by atoms with Crippen LogP contribution in [0.1, 0.15) is 41.8 Å². The van der Waals surface area contributed by atoms with E-state index in [4.69, 9.17) is 9.90 Å². The summed E-state index contributed by atoms with van der Waals surface area (Å²) in [5, 5.41) is 1.95. The van der Waals surface area contributed by atoms with Crippen LogP contribution in [0.15, 0.2) is 47.1 Å². The molecule has 0 saturated heterocycles. The predicted octanol–water partition coefficient (Wildman–Crippen LogP) is 5.21. The first kappa shape index (κ1) is 11.8. The largest absolute Gasteiger partial charge is 0.437 e. The third-order valence-corrected chi connectivity index (χ3v) is 4.77. The highest BCUT2D eigenvalue weighted by Gasteiger charge is 2.22. The fourth-order valence-electron chi connectivity index (χ4n) is 3.48. The number of pyridine rings is 2. The van der Waals surface area contributed by atoms with E-state index < -0.39 is 12.7 Å². The van der Waals surface area contributed by atoms with E-state index in [1.165, 1.54) is 6.92 Å². The zero-order chi connectivity index (χ0) is 21.1. The minimum absolute atomic E-state index is 0.486. The summed E-state index contributed by atoms with van der Waals surface area (Å²) in [5.74, 6) is -1.70. The van der Waals surface area contributed by atoms with Gasteiger partial charge >= 0.3 is 0 Å². The molecular formula is C22H23N2O+. The fourth-order valence-corrected chi connectivity index (χ4v) is 3.48. The fraction of sp³-hybridized carbons (Fsp3) is 0.273. The minimum atomic E-state index is -2.42. The van der Waals surface area contributed by atoms with Gasteiger partial charge in [-0.2, -0.15) is 0 Å². The Kier molecular flexibility index (Phi) is 2.69. The van der Waals surface area contributed by atoms with Gasteiger partial charge in [0.05, 0.1) is 5.56 Å². The second kappa shape index (κ2) is 5.69. The number of hydrogen-bond donors (Lipinski definition) is 0. The number of rotatable bonds is 2. The van der Waals surface area contributed by atoms with E-state index >= 15 is 0 Å². The van der Waals surface area contributed by atoms with E-state index in [0.29, 0.717) is 11.3 Å². The Bertz CT molecular complexity index is 1260. The van der Waals surface area contributed by atoms with Crippen LogP contribution in [0.3, 0.4) is 0 Å². The molecule has 1 aromatic carbocycles. The van der Waals surface area contributed by atoms with Crippen LogP contribution in [0, 0.1) is 13.8 Å². The molecule has 0 spiro atoms. The smallest absolute Gasteiger partial charge is 0.227 e. The van der Waals surface area contributed by atoms with Crippen LogP contribution in [0.25, 0.3) is 33.3 Å². The number of aryl methyl sites for hydroxylation is 3. The van der Waals surface area contributed by atoms with Crippen molar-refractivity contribution in [2.24, 2.45) is 7.05 Å². The molecule has 0 fully saturated rings. The molecule has 3 heteroatoms. The maximum Gasteiger partial charge on any atom is 0.227 e. The summed E-state index contributed by atoms with van der Waals surface area (Å²) in [6.45, 7) is 2.90. The number of nitrogens with zero attached hydrogens (tertiary/aromatic N) is 2. The standard InChI is InChI=1S/C22H23N2O/c1-13(2)18-12-24(5)19(11-15(18)4)20-14(3)8-9-16-17-7-6-10-23-22(17)25-21(16)20/h6-13H,1-5H3/q+1/i1D3,13D. The van der Waals surface area contributed by atoms with Crippen molar-refractivity contribution in [2.75, 3.05) is 0 Å². The van der Waals surface area contributed by atoms with Gasteiger partial charge < -0.3 is 4.42 Å². The first-order valence-corrected chi connectivity index (χ1v) is 8.30. The molecule has 126 valence electrons. The molecule has 4 aromatic rings. The molecule has 0 amide bonds. The van der Waals surface area contributed by atoms with Crippen molar-refractivity contribution in [3.8, 4) is 11.3 Å². The Labute approximate surface area is 153 Å². The average Bonchev–Trinajstić information content (AvgIpc) is 3.01. The van der Waals surface area contributed by atoms with Crippen molar-refractivity contribution < 1.29 is 14.5 Å². The molecule has 0 bridgehead atoms. The number of benzene rings is 1. The van der Waals surface area contributed by atoms with Crippen LogP contribution in [0.2, 0.25) is 0 Å². The molecule has 3 nitrogen and oxygen atoms in total. The normalized spacial score (nSPS) is 17.0. The summed E-state index contributed by atoms with van der Waals surface area (Å²) < 4.78 is 39.8. The van der Waals surface area contributed by atoms with Crippen molar-refractivity contribution in [3.63, 3.8) is 0 Å². The van der Waals surface area contributed by atoms with Gasteiger partial charge in [0.2, 0.25) is 11.4 Å². The third-order valence-electron chi connectivity index (χ3n) is 4.77. The molecule has 3 heterocycles. The monoisotopic (exact) mass is 335 g/mol. The Morgan fingerprint density at radius 2 is 2.04 bits per heavy atom. The van der Waals surface area contributed by atoms with Crippen molar-refractivity contribution in [2.45, 2.75) is 33.5 Å². The first-order chi connectivity index (χ1) is 13.5. The summed E-state index contributed by atoms with van der Waals surface area (Å²) in [7, 11) is 1.87. The molecule has 0 aliphatic carbocycles. The van der Waals surface area contributed by atoms with Crippen LogP contribution in [-0.4, -0.2) is 4.98 Å². The minimum Gasteiger partial charge on any atom is -0.437 e. The van der Waals surface area contributed by atoms with E-state index in [1.54, 1.807) is 12.4 Å². The van der Waals surface area contributed by atoms with E-state index in [1.807, 2.05) is 49.7 Å². The number of aromatic nitrogens is 2. The highest BCUT2D eigenvalue weighted by Crippen LogP contribution is 2.36. The van der Waals surface area contributed by atoms with Gasteiger partial charge in [0.15, 0.2) is 11.8 Å². The third kappa shape index (κ3) is 2.42. The lowest BCUT2D eigenvalue weighted by Gasteiger charge is -2.11. The van der Waals surface area contributed by atoms with Crippen molar-refractivity contribution in [3.05, 3.63) is 59.4 Å². The van der Waals surface area contributed by atoms with Gasteiger partial charge in [-0.05, 0) is 43.0 Å². The molecule has 0 N–H and O–H groups in total. The summed E-state index contributed by atoms with van der Waals surface area (Å²) >= 11 is 0. The van der Waals surface area contributed by atoms with Crippen LogP contribution in [0.4, 0.5) is 0 Å². The summed E-state index contributed by atoms with van der Waals surface area (Å²) in [6.07, 6.45) is 3.46. The van der Waals surface area contributed by atoms with Gasteiger partial charge in [-0.3, -0.25) is 0 Å². The Morgan fingerprint density at radius 3 is 2.84 bits per heavy atom. The van der Waals surface area contributed by atoms with E-state index in [-0.39, 0.29) is 0 Å². The first-order valence-electron chi connectivity index (χ1n) is 10.3. The molecule has 25 heavy (non-hydrogen) atoms. The van der Waals surface area contributed by atoms with Gasteiger partial charge in [0.1, 0.15) is 7.05 Å². The highest BCUT2D eigenvalue weighted by atomic mass is 16.3. The molecule has 1 atom stereocenters. The van der Waals surface area contributed by atoms with Crippen molar-refractivity contribution in [1.82, 2.24) is 4.98 Å². The quantitative estimate of drug-likeness (QED) is 0.471. The number of fused-ring (bicyclic) bond motifs is 3. The lowest BCUT2D eigenvalue weighted by molar-refractivity contribution is -0.660. The van der Waals surface area contributed by atoms with Crippen LogP contribution in [0.5, 0.6) is 0 Å². The summed E-state index contributed by atoms with van der Waals surface area (Å²) in [4.78, 5) is 4.34. The lowest BCUT2D eigenvalue weighted by atomic mass is 9.96. The molecule has 0 aliphatic rings. The second-order valence-electron chi connectivity index (χ2n) is 6.58. The van der Waals surface area contributed by atoms with Crippen molar-refractivity contribution >= 4 is 22.1 Å². The van der Waals surface area contributed by atoms with E-state index in [2.05, 4.69) is 11.1 Å². The molecular weight excluding hydrogens is 308 g/mol. The van der Waals surface area contributed by atoms with Gasteiger partial charge in [-0.15, -0.1) is 0 Å². The maximum atomic E-state index is 8.48. The Balaban J connectivity index is 2.00. The average molecular weight is 335 g/mol. The molecule has 1 unspecified atom stereocenters. The highest BCUT2D eigenvalue weighted by molar-refractivity contribution is 6.08. The van der Waals surface area contributed by atoms with Crippen LogP contribution in [-0.2, 0) is 7.05 Å². The Morgan fingerprint density at radius 1 is 1.20 bits per heavy atom. The SMILES string of the molecule is [2H]C([2H])([2H])C([2H])(C)c1c[n+](C)c(-c2c(C)ccc3c2oc2ncccc23)cc1C. The van der Waals surface area contributed by atoms with Crippen LogP contribution >= 0.6 is 0 Å². The second-order valence-corrected chi connectivity index (χ2v) is 6.58. The molecule has 0 radical (unpaired) electrons. The van der Waals surface area contributed by atoms with E-state index in [9.17, 15) is 0 Å². The number of hydrogen-bond acceptors (Lipinski definition) is 2. The Hall–Kier alpha value is -2.68. The molecule has 0 aliphatic heterocycles. The van der Waals surface area contributed by atoms with Crippen LogP contribution < -0.4 is 4.57 Å². The molecule has 4 rings (SSSR count). The van der Waals surface area contributed by atoms with Crippen molar-refractivity contribution in [1.29, 1.82) is 0 Å². The lowest BCUT2D eigenvalue weighted by Crippen LogP contribution is -2.32. The summed E-state index contributed by atoms with van der Waals surface area (Å²) in [6, 6.07) is 9.91. The maximum absolute atomic E-state index is 8.48. The predicted molar refractivity (Wildman–Crippen MR) is 102 cm³/mol. The van der Waals surface area contributed by atoms with E-state index in [0.717, 1.165) is 38.7 Å². The molecule has 0 saturated carbocycles. The van der Waals surface area contributed by atoms with Gasteiger partial charge in [-0.25, -0.2) is 9.55 Å². The number of furan rings is 1. The summed E-state index contributed by atoms with van der Waals surface area (Å²) in [5.41, 5.74) is 5.48. The van der Waals surface area contributed by atoms with Gasteiger partial charge in [-0.1, -0.05) is 25.9 Å².